The number of hydrogen-bond donors (Lipinski definition) is 0. The molecule has 0 unspecified atom stereocenters. The van der Waals surface area contributed by atoms with Crippen LogP contribution in [0.3, 0.4) is 0 Å². The molecule has 1 heteroatoms. The second-order valence-electron chi connectivity index (χ2n) is 2.50. The molecule has 0 aliphatic heterocycles. The van der Waals surface area contributed by atoms with Gasteiger partial charge in [0.05, 0.1) is 0 Å². The Hall–Kier alpha value is 0.584. The first-order valence-electron chi connectivity index (χ1n) is 3.25. The van der Waals surface area contributed by atoms with Gasteiger partial charge in [-0.25, -0.2) is 5.57 Å². The fourth-order valence-electron chi connectivity index (χ4n) is 0.562. The van der Waals surface area contributed by atoms with E-state index in [2.05, 4.69) is 33.8 Å². The van der Waals surface area contributed by atoms with Crippen molar-refractivity contribution in [3.8, 4) is 0 Å². The maximum absolute atomic E-state index is 3.10. The SMILES string of the molecule is C[C-]=C(C)C(C)=C(C)C.[Y]. The van der Waals surface area contributed by atoms with Crippen LogP contribution in [-0.2, 0) is 32.7 Å². The summed E-state index contributed by atoms with van der Waals surface area (Å²) < 4.78 is 0. The standard InChI is InChI=1S/C9H15.Y/c1-6-8(4)9(5)7(2)3;/h1-5H3;/q-1;. The van der Waals surface area contributed by atoms with Gasteiger partial charge in [0.2, 0.25) is 0 Å². The van der Waals surface area contributed by atoms with Gasteiger partial charge in [0.25, 0.3) is 0 Å². The summed E-state index contributed by atoms with van der Waals surface area (Å²) in [5.41, 5.74) is 3.99. The average Bonchev–Trinajstić information content (AvgIpc) is 1.84. The predicted molar refractivity (Wildman–Crippen MR) is 42.2 cm³/mol. The maximum atomic E-state index is 3.10. The van der Waals surface area contributed by atoms with E-state index in [0.717, 1.165) is 0 Å². The van der Waals surface area contributed by atoms with Gasteiger partial charge >= 0.3 is 0 Å². The number of hydrogen-bond acceptors (Lipinski definition) is 0. The zero-order valence-electron chi connectivity index (χ0n) is 7.58. The molecule has 10 heavy (non-hydrogen) atoms. The monoisotopic (exact) mass is 212 g/mol. The van der Waals surface area contributed by atoms with E-state index >= 15 is 0 Å². The van der Waals surface area contributed by atoms with Gasteiger partial charge in [0, 0.05) is 32.7 Å². The first-order chi connectivity index (χ1) is 4.09. The second-order valence-corrected chi connectivity index (χ2v) is 2.50. The molecule has 0 fully saturated rings. The first kappa shape index (κ1) is 13.2. The fraction of sp³-hybridized carbons (Fsp3) is 0.556. The van der Waals surface area contributed by atoms with E-state index in [9.17, 15) is 0 Å². The van der Waals surface area contributed by atoms with Crippen molar-refractivity contribution >= 4 is 0 Å². The Morgan fingerprint density at radius 2 is 1.40 bits per heavy atom. The Morgan fingerprint density at radius 3 is 1.50 bits per heavy atom. The Morgan fingerprint density at radius 1 is 1.00 bits per heavy atom. The normalized spacial score (nSPS) is 10.3. The van der Waals surface area contributed by atoms with Crippen molar-refractivity contribution in [2.75, 3.05) is 0 Å². The van der Waals surface area contributed by atoms with Crippen LogP contribution in [0.25, 0.3) is 0 Å². The molecule has 0 N–H and O–H groups in total. The third-order valence-electron chi connectivity index (χ3n) is 1.69. The molecule has 0 heterocycles. The van der Waals surface area contributed by atoms with E-state index in [0.29, 0.717) is 0 Å². The third kappa shape index (κ3) is 4.41. The van der Waals surface area contributed by atoms with Gasteiger partial charge in [-0.1, -0.05) is 20.8 Å². The summed E-state index contributed by atoms with van der Waals surface area (Å²) in [5, 5.41) is 0. The molecule has 0 rings (SSSR count). The molecule has 0 aromatic carbocycles. The van der Waals surface area contributed by atoms with Crippen LogP contribution in [0.15, 0.2) is 16.7 Å². The molecule has 0 aliphatic carbocycles. The molecule has 0 atom stereocenters. The van der Waals surface area contributed by atoms with Crippen molar-refractivity contribution in [2.24, 2.45) is 0 Å². The van der Waals surface area contributed by atoms with Crippen LogP contribution in [-0.4, -0.2) is 0 Å². The molecule has 0 aromatic heterocycles. The van der Waals surface area contributed by atoms with Gasteiger partial charge in [-0.2, -0.15) is 11.1 Å². The van der Waals surface area contributed by atoms with E-state index < -0.39 is 0 Å². The zero-order valence-corrected chi connectivity index (χ0v) is 10.4. The zero-order chi connectivity index (χ0) is 7.44. The van der Waals surface area contributed by atoms with E-state index in [1.165, 1.54) is 16.7 Å². The smallest absolute Gasteiger partial charge is 0 e. The maximum Gasteiger partial charge on any atom is 0 e. The molecular formula is C9H15Y-. The third-order valence-corrected chi connectivity index (χ3v) is 1.69. The van der Waals surface area contributed by atoms with Crippen LogP contribution in [0.5, 0.6) is 0 Å². The van der Waals surface area contributed by atoms with Crippen molar-refractivity contribution in [2.45, 2.75) is 34.6 Å². The molecule has 1 radical (unpaired) electrons. The van der Waals surface area contributed by atoms with Gasteiger partial charge in [0.1, 0.15) is 0 Å². The molecule has 0 amide bonds. The van der Waals surface area contributed by atoms with Crippen molar-refractivity contribution in [3.05, 3.63) is 22.8 Å². The molecule has 0 bridgehead atoms. The molecule has 0 aliphatic rings. The van der Waals surface area contributed by atoms with Crippen molar-refractivity contribution in [1.29, 1.82) is 0 Å². The fourth-order valence-corrected chi connectivity index (χ4v) is 0.562. The summed E-state index contributed by atoms with van der Waals surface area (Å²) in [5.74, 6) is 0. The molecule has 55 valence electrons. The molecule has 0 aromatic rings. The van der Waals surface area contributed by atoms with Crippen molar-refractivity contribution in [1.82, 2.24) is 0 Å². The topological polar surface area (TPSA) is 0 Å². The number of allylic oxidation sites excluding steroid dienone is 4. The quantitative estimate of drug-likeness (QED) is 0.462. The van der Waals surface area contributed by atoms with Crippen LogP contribution in [0, 0.1) is 6.08 Å². The van der Waals surface area contributed by atoms with E-state index in [4.69, 9.17) is 0 Å². The van der Waals surface area contributed by atoms with Crippen LogP contribution in [0.4, 0.5) is 0 Å². The van der Waals surface area contributed by atoms with E-state index in [1.807, 2.05) is 6.92 Å². The Balaban J connectivity index is 0. The van der Waals surface area contributed by atoms with Gasteiger partial charge in [-0.05, 0) is 0 Å². The van der Waals surface area contributed by atoms with Crippen molar-refractivity contribution < 1.29 is 32.7 Å². The van der Waals surface area contributed by atoms with Gasteiger partial charge in [0.15, 0.2) is 0 Å². The molecule has 0 saturated carbocycles. The summed E-state index contributed by atoms with van der Waals surface area (Å²) in [4.78, 5) is 0. The van der Waals surface area contributed by atoms with Gasteiger partial charge < -0.3 is 0 Å². The molecule has 0 spiro atoms. The summed E-state index contributed by atoms with van der Waals surface area (Å²) in [6.07, 6.45) is 3.10. The summed E-state index contributed by atoms with van der Waals surface area (Å²) in [7, 11) is 0. The Bertz CT molecular complexity index is 148. The Kier molecular flexibility index (Phi) is 8.32. The van der Waals surface area contributed by atoms with Gasteiger partial charge in [-0.3, -0.25) is 6.08 Å². The predicted octanol–water partition coefficient (Wildman–Crippen LogP) is 3.11. The summed E-state index contributed by atoms with van der Waals surface area (Å²) in [6.45, 7) is 10.4. The Labute approximate surface area is 89.7 Å². The minimum absolute atomic E-state index is 0. The van der Waals surface area contributed by atoms with Crippen LogP contribution < -0.4 is 0 Å². The van der Waals surface area contributed by atoms with Crippen LogP contribution in [0.1, 0.15) is 34.6 Å². The minimum atomic E-state index is 0. The van der Waals surface area contributed by atoms with E-state index in [-0.39, 0.29) is 32.7 Å². The van der Waals surface area contributed by atoms with Gasteiger partial charge in [-0.15, -0.1) is 13.8 Å². The summed E-state index contributed by atoms with van der Waals surface area (Å²) >= 11 is 0. The summed E-state index contributed by atoms with van der Waals surface area (Å²) in [6, 6.07) is 0. The molecular weight excluding hydrogens is 197 g/mol. The van der Waals surface area contributed by atoms with E-state index in [1.54, 1.807) is 0 Å². The minimum Gasteiger partial charge on any atom is -0.275 e. The van der Waals surface area contributed by atoms with Crippen LogP contribution >= 0.6 is 0 Å². The molecule has 0 saturated heterocycles. The van der Waals surface area contributed by atoms with Crippen molar-refractivity contribution in [3.63, 3.8) is 0 Å². The van der Waals surface area contributed by atoms with Crippen LogP contribution in [0.2, 0.25) is 0 Å². The molecule has 0 nitrogen and oxygen atoms in total. The first-order valence-corrected chi connectivity index (χ1v) is 3.25. The average molecular weight is 212 g/mol. The second kappa shape index (κ2) is 6.30. The largest absolute Gasteiger partial charge is 0.275 e. The number of rotatable bonds is 1.